The summed E-state index contributed by atoms with van der Waals surface area (Å²) in [5.74, 6) is 0.603. The normalized spacial score (nSPS) is 11.8. The van der Waals surface area contributed by atoms with E-state index in [1.165, 1.54) is 12.6 Å². The number of thiophene rings is 1. The van der Waals surface area contributed by atoms with Gasteiger partial charge in [-0.15, -0.1) is 0 Å². The van der Waals surface area contributed by atoms with Gasteiger partial charge in [0.2, 0.25) is 5.91 Å². The molecular formula is C17H22N2O3S. The second-order valence-corrected chi connectivity index (χ2v) is 6.02. The molecule has 2 rings (SSSR count). The molecule has 0 aliphatic heterocycles. The van der Waals surface area contributed by atoms with E-state index in [0.29, 0.717) is 12.4 Å². The first kappa shape index (κ1) is 17.3. The SMILES string of the molecule is COC(COc1cccc(NC(C)=O)c1)CN(C)c1ccsc1. The van der Waals surface area contributed by atoms with E-state index in [0.717, 1.165) is 12.2 Å². The summed E-state index contributed by atoms with van der Waals surface area (Å²) in [5, 5.41) is 6.90. The first-order chi connectivity index (χ1) is 11.1. The number of carbonyl (C=O) groups excluding carboxylic acids is 1. The fraction of sp³-hybridized carbons (Fsp3) is 0.353. The number of hydrogen-bond acceptors (Lipinski definition) is 5. The minimum atomic E-state index is -0.102. The molecule has 6 heteroatoms. The molecule has 1 N–H and O–H groups in total. The number of anilines is 2. The van der Waals surface area contributed by atoms with Crippen molar-refractivity contribution in [3.63, 3.8) is 0 Å². The van der Waals surface area contributed by atoms with Gasteiger partial charge in [-0.25, -0.2) is 0 Å². The third-order valence-electron chi connectivity index (χ3n) is 3.35. The van der Waals surface area contributed by atoms with Crippen LogP contribution in [0.5, 0.6) is 5.75 Å². The fourth-order valence-corrected chi connectivity index (χ4v) is 2.83. The van der Waals surface area contributed by atoms with Gasteiger partial charge in [-0.1, -0.05) is 6.07 Å². The molecule has 1 unspecified atom stereocenters. The van der Waals surface area contributed by atoms with Crippen LogP contribution in [0.4, 0.5) is 11.4 Å². The molecule has 0 saturated carbocycles. The van der Waals surface area contributed by atoms with Crippen LogP contribution in [-0.2, 0) is 9.53 Å². The minimum Gasteiger partial charge on any atom is -0.491 e. The molecular weight excluding hydrogens is 312 g/mol. The van der Waals surface area contributed by atoms with E-state index in [-0.39, 0.29) is 12.0 Å². The molecule has 124 valence electrons. The summed E-state index contributed by atoms with van der Waals surface area (Å²) < 4.78 is 11.3. The van der Waals surface area contributed by atoms with Crippen LogP contribution in [0.15, 0.2) is 41.1 Å². The molecule has 1 aromatic carbocycles. The Morgan fingerprint density at radius 2 is 2.22 bits per heavy atom. The van der Waals surface area contributed by atoms with Gasteiger partial charge in [0.1, 0.15) is 18.5 Å². The van der Waals surface area contributed by atoms with Gasteiger partial charge in [0.15, 0.2) is 0 Å². The molecule has 2 aromatic rings. The van der Waals surface area contributed by atoms with E-state index in [2.05, 4.69) is 27.0 Å². The highest BCUT2D eigenvalue weighted by Gasteiger charge is 2.13. The maximum atomic E-state index is 11.1. The monoisotopic (exact) mass is 334 g/mol. The molecule has 0 fully saturated rings. The standard InChI is InChI=1S/C17H22N2O3S/c1-13(20)18-14-5-4-6-16(9-14)22-11-17(21-3)10-19(2)15-7-8-23-12-15/h4-9,12,17H,10-11H2,1-3H3,(H,18,20). The maximum absolute atomic E-state index is 11.1. The summed E-state index contributed by atoms with van der Waals surface area (Å²) in [6.45, 7) is 2.65. The van der Waals surface area contributed by atoms with Crippen LogP contribution in [0, 0.1) is 0 Å². The van der Waals surface area contributed by atoms with Crippen LogP contribution in [0.1, 0.15) is 6.92 Å². The van der Waals surface area contributed by atoms with Crippen LogP contribution in [-0.4, -0.2) is 39.3 Å². The summed E-state index contributed by atoms with van der Waals surface area (Å²) in [6.07, 6.45) is -0.0516. The van der Waals surface area contributed by atoms with E-state index in [4.69, 9.17) is 9.47 Å². The number of likely N-dealkylation sites (N-methyl/N-ethyl adjacent to an activating group) is 1. The molecule has 1 amide bonds. The highest BCUT2D eigenvalue weighted by atomic mass is 32.1. The van der Waals surface area contributed by atoms with E-state index in [1.807, 2.05) is 25.2 Å². The number of ether oxygens (including phenoxy) is 2. The number of nitrogens with zero attached hydrogens (tertiary/aromatic N) is 1. The molecule has 1 aromatic heterocycles. The van der Waals surface area contributed by atoms with Gasteiger partial charge in [-0.2, -0.15) is 11.3 Å². The minimum absolute atomic E-state index is 0.0516. The number of rotatable bonds is 8. The Morgan fingerprint density at radius 3 is 2.87 bits per heavy atom. The summed E-state index contributed by atoms with van der Waals surface area (Å²) in [6, 6.07) is 9.42. The number of hydrogen-bond donors (Lipinski definition) is 1. The second-order valence-electron chi connectivity index (χ2n) is 5.24. The Morgan fingerprint density at radius 1 is 1.39 bits per heavy atom. The van der Waals surface area contributed by atoms with E-state index < -0.39 is 0 Å². The molecule has 0 aliphatic carbocycles. The van der Waals surface area contributed by atoms with Crippen LogP contribution in [0.3, 0.4) is 0 Å². The first-order valence-corrected chi connectivity index (χ1v) is 8.29. The van der Waals surface area contributed by atoms with E-state index in [9.17, 15) is 4.79 Å². The fourth-order valence-electron chi connectivity index (χ4n) is 2.14. The van der Waals surface area contributed by atoms with Crippen LogP contribution >= 0.6 is 11.3 Å². The van der Waals surface area contributed by atoms with Crippen molar-refractivity contribution in [2.75, 3.05) is 37.5 Å². The molecule has 1 atom stereocenters. The van der Waals surface area contributed by atoms with Crippen molar-refractivity contribution in [3.8, 4) is 5.75 Å². The number of carbonyl (C=O) groups is 1. The van der Waals surface area contributed by atoms with Crippen molar-refractivity contribution in [2.45, 2.75) is 13.0 Å². The van der Waals surface area contributed by atoms with Gasteiger partial charge < -0.3 is 19.7 Å². The lowest BCUT2D eigenvalue weighted by atomic mass is 10.3. The lowest BCUT2D eigenvalue weighted by Gasteiger charge is -2.24. The van der Waals surface area contributed by atoms with Gasteiger partial charge in [0.05, 0.1) is 0 Å². The predicted molar refractivity (Wildman–Crippen MR) is 94.6 cm³/mol. The number of benzene rings is 1. The third kappa shape index (κ3) is 5.58. The second kappa shape index (κ2) is 8.55. The average molecular weight is 334 g/mol. The molecule has 0 radical (unpaired) electrons. The van der Waals surface area contributed by atoms with Crippen molar-refractivity contribution in [3.05, 3.63) is 41.1 Å². The predicted octanol–water partition coefficient (Wildman–Crippen LogP) is 3.24. The molecule has 1 heterocycles. The smallest absolute Gasteiger partial charge is 0.221 e. The Labute approximate surface area is 140 Å². The highest BCUT2D eigenvalue weighted by molar-refractivity contribution is 7.08. The summed E-state index contributed by atoms with van der Waals surface area (Å²) >= 11 is 1.67. The summed E-state index contributed by atoms with van der Waals surface area (Å²) in [7, 11) is 3.72. The molecule has 5 nitrogen and oxygen atoms in total. The zero-order chi connectivity index (χ0) is 16.7. The Bertz CT molecular complexity index is 616. The van der Waals surface area contributed by atoms with Crippen molar-refractivity contribution in [1.82, 2.24) is 0 Å². The topological polar surface area (TPSA) is 50.8 Å². The van der Waals surface area contributed by atoms with E-state index >= 15 is 0 Å². The quantitative estimate of drug-likeness (QED) is 0.805. The Kier molecular flexibility index (Phi) is 6.43. The summed E-state index contributed by atoms with van der Waals surface area (Å²) in [4.78, 5) is 13.2. The number of nitrogens with one attached hydrogen (secondary N) is 1. The van der Waals surface area contributed by atoms with Crippen LogP contribution in [0.25, 0.3) is 0 Å². The number of amides is 1. The van der Waals surface area contributed by atoms with Gasteiger partial charge >= 0.3 is 0 Å². The lowest BCUT2D eigenvalue weighted by Crippen LogP contribution is -2.34. The molecule has 0 bridgehead atoms. The molecule has 0 spiro atoms. The van der Waals surface area contributed by atoms with Crippen LogP contribution in [0.2, 0.25) is 0 Å². The van der Waals surface area contributed by atoms with Gasteiger partial charge in [0, 0.05) is 50.4 Å². The highest BCUT2D eigenvalue weighted by Crippen LogP contribution is 2.19. The van der Waals surface area contributed by atoms with Crippen molar-refractivity contribution < 1.29 is 14.3 Å². The van der Waals surface area contributed by atoms with Crippen LogP contribution < -0.4 is 15.0 Å². The van der Waals surface area contributed by atoms with Gasteiger partial charge in [0.25, 0.3) is 0 Å². The Balaban J connectivity index is 1.88. The van der Waals surface area contributed by atoms with Crippen molar-refractivity contribution in [1.29, 1.82) is 0 Å². The van der Waals surface area contributed by atoms with Crippen molar-refractivity contribution in [2.24, 2.45) is 0 Å². The Hall–Kier alpha value is -2.05. The molecule has 0 saturated heterocycles. The molecule has 0 aliphatic rings. The zero-order valence-corrected chi connectivity index (χ0v) is 14.4. The third-order valence-corrected chi connectivity index (χ3v) is 4.02. The van der Waals surface area contributed by atoms with E-state index in [1.54, 1.807) is 24.5 Å². The zero-order valence-electron chi connectivity index (χ0n) is 13.6. The average Bonchev–Trinajstić information content (AvgIpc) is 3.05. The lowest BCUT2D eigenvalue weighted by molar-refractivity contribution is -0.114. The van der Waals surface area contributed by atoms with Gasteiger partial charge in [-0.3, -0.25) is 4.79 Å². The first-order valence-electron chi connectivity index (χ1n) is 7.35. The molecule has 23 heavy (non-hydrogen) atoms. The van der Waals surface area contributed by atoms with Crippen molar-refractivity contribution >= 4 is 28.6 Å². The van der Waals surface area contributed by atoms with Gasteiger partial charge in [-0.05, 0) is 23.6 Å². The number of methoxy groups -OCH3 is 1. The largest absolute Gasteiger partial charge is 0.491 e. The maximum Gasteiger partial charge on any atom is 0.221 e. The summed E-state index contributed by atoms with van der Waals surface area (Å²) in [5.41, 5.74) is 1.89.